The summed E-state index contributed by atoms with van der Waals surface area (Å²) < 4.78 is 0. The molecule has 0 spiro atoms. The van der Waals surface area contributed by atoms with E-state index in [1.807, 2.05) is 0 Å². The second kappa shape index (κ2) is 3.44. The largest absolute Gasteiger partial charge is 0.341 e. The molecule has 1 rings (SSSR count). The Morgan fingerprint density at radius 3 is 2.50 bits per heavy atom. The number of urea groups is 1. The highest BCUT2D eigenvalue weighted by Crippen LogP contribution is 2.17. The Bertz CT molecular complexity index is 119. The maximum Gasteiger partial charge on any atom is 0.314 e. The van der Waals surface area contributed by atoms with Crippen LogP contribution in [-0.2, 0) is 0 Å². The molecule has 0 unspecified atom stereocenters. The van der Waals surface area contributed by atoms with E-state index in [1.54, 1.807) is 7.05 Å². The average Bonchev–Trinajstić information content (AvgIpc) is 2.40. The molecular weight excluding hydrogens is 128 g/mol. The molecule has 1 aliphatic carbocycles. The fourth-order valence-corrected chi connectivity index (χ4v) is 1.33. The summed E-state index contributed by atoms with van der Waals surface area (Å²) in [7, 11) is 1.64. The minimum atomic E-state index is -0.0492. The number of carbonyl (C=O) groups excluding carboxylic acids is 1. The molecule has 1 fully saturated rings. The van der Waals surface area contributed by atoms with Crippen LogP contribution in [0.15, 0.2) is 0 Å². The lowest BCUT2D eigenvalue weighted by molar-refractivity contribution is 0.239. The lowest BCUT2D eigenvalue weighted by Crippen LogP contribution is -2.38. The Morgan fingerprint density at radius 1 is 1.40 bits per heavy atom. The van der Waals surface area contributed by atoms with Crippen molar-refractivity contribution in [2.75, 3.05) is 7.05 Å². The molecule has 0 aliphatic heterocycles. The van der Waals surface area contributed by atoms with E-state index in [9.17, 15) is 4.79 Å². The first-order valence-electron chi connectivity index (χ1n) is 3.81. The van der Waals surface area contributed by atoms with Gasteiger partial charge in [0.25, 0.3) is 0 Å². The van der Waals surface area contributed by atoms with Gasteiger partial charge in [-0.3, -0.25) is 0 Å². The van der Waals surface area contributed by atoms with E-state index in [0.29, 0.717) is 6.04 Å². The van der Waals surface area contributed by atoms with Gasteiger partial charge in [-0.15, -0.1) is 0 Å². The van der Waals surface area contributed by atoms with Crippen LogP contribution in [0.3, 0.4) is 0 Å². The number of nitrogens with one attached hydrogen (secondary N) is 2. The molecular formula is C7H14N2O. The zero-order valence-electron chi connectivity index (χ0n) is 6.31. The van der Waals surface area contributed by atoms with Crippen molar-refractivity contribution < 1.29 is 4.79 Å². The van der Waals surface area contributed by atoms with Crippen LogP contribution in [0, 0.1) is 0 Å². The van der Waals surface area contributed by atoms with Crippen molar-refractivity contribution in [2.24, 2.45) is 0 Å². The molecule has 0 aromatic heterocycles. The molecule has 10 heavy (non-hydrogen) atoms. The van der Waals surface area contributed by atoms with Gasteiger partial charge in [0.15, 0.2) is 0 Å². The summed E-state index contributed by atoms with van der Waals surface area (Å²) in [4.78, 5) is 10.7. The molecule has 0 heterocycles. The van der Waals surface area contributed by atoms with E-state index in [-0.39, 0.29) is 6.03 Å². The Hall–Kier alpha value is -0.730. The van der Waals surface area contributed by atoms with Gasteiger partial charge in [-0.1, -0.05) is 12.8 Å². The van der Waals surface area contributed by atoms with E-state index in [0.717, 1.165) is 12.8 Å². The molecule has 1 saturated carbocycles. The normalized spacial score (nSPS) is 18.9. The van der Waals surface area contributed by atoms with E-state index < -0.39 is 0 Å². The smallest absolute Gasteiger partial charge is 0.314 e. The maximum absolute atomic E-state index is 10.7. The first-order chi connectivity index (χ1) is 4.83. The predicted octanol–water partition coefficient (Wildman–Crippen LogP) is 0.858. The van der Waals surface area contributed by atoms with Crippen LogP contribution >= 0.6 is 0 Å². The van der Waals surface area contributed by atoms with Crippen molar-refractivity contribution in [3.63, 3.8) is 0 Å². The Morgan fingerprint density at radius 2 is 2.00 bits per heavy atom. The van der Waals surface area contributed by atoms with Crippen LogP contribution < -0.4 is 10.6 Å². The molecule has 0 aromatic carbocycles. The van der Waals surface area contributed by atoms with Gasteiger partial charge < -0.3 is 10.6 Å². The highest BCUT2D eigenvalue weighted by Gasteiger charge is 2.15. The number of hydrogen-bond donors (Lipinski definition) is 2. The van der Waals surface area contributed by atoms with Crippen LogP contribution in [0.2, 0.25) is 0 Å². The monoisotopic (exact) mass is 142 g/mol. The molecule has 0 radical (unpaired) electrons. The third-order valence-corrected chi connectivity index (χ3v) is 1.92. The van der Waals surface area contributed by atoms with Gasteiger partial charge >= 0.3 is 6.03 Å². The summed E-state index contributed by atoms with van der Waals surface area (Å²) in [5.41, 5.74) is 0. The molecule has 0 aromatic rings. The van der Waals surface area contributed by atoms with Crippen LogP contribution in [-0.4, -0.2) is 19.1 Å². The molecule has 1 aliphatic rings. The lowest BCUT2D eigenvalue weighted by atomic mass is 10.3. The first-order valence-corrected chi connectivity index (χ1v) is 3.81. The fraction of sp³-hybridized carbons (Fsp3) is 0.857. The Balaban J connectivity index is 2.17. The summed E-state index contributed by atoms with van der Waals surface area (Å²) in [6, 6.07) is 0.381. The van der Waals surface area contributed by atoms with Gasteiger partial charge in [0.2, 0.25) is 0 Å². The van der Waals surface area contributed by atoms with Crippen molar-refractivity contribution in [3.8, 4) is 0 Å². The number of hydrogen-bond acceptors (Lipinski definition) is 1. The molecule has 0 bridgehead atoms. The summed E-state index contributed by atoms with van der Waals surface area (Å²) in [5.74, 6) is 0. The number of rotatable bonds is 1. The van der Waals surface area contributed by atoms with Gasteiger partial charge in [0, 0.05) is 13.1 Å². The van der Waals surface area contributed by atoms with Crippen LogP contribution in [0.5, 0.6) is 0 Å². The van der Waals surface area contributed by atoms with Crippen molar-refractivity contribution >= 4 is 6.03 Å². The fourth-order valence-electron chi connectivity index (χ4n) is 1.33. The first kappa shape index (κ1) is 7.38. The zero-order chi connectivity index (χ0) is 7.40. The summed E-state index contributed by atoms with van der Waals surface area (Å²) in [5, 5.41) is 5.42. The maximum atomic E-state index is 10.7. The van der Waals surface area contributed by atoms with Crippen molar-refractivity contribution in [2.45, 2.75) is 31.7 Å². The number of amides is 2. The van der Waals surface area contributed by atoms with Gasteiger partial charge in [-0.2, -0.15) is 0 Å². The third kappa shape index (κ3) is 1.90. The highest BCUT2D eigenvalue weighted by molar-refractivity contribution is 5.73. The summed E-state index contributed by atoms with van der Waals surface area (Å²) in [6.45, 7) is 0. The van der Waals surface area contributed by atoms with E-state index in [4.69, 9.17) is 0 Å². The second-order valence-electron chi connectivity index (χ2n) is 2.70. The molecule has 2 N–H and O–H groups in total. The predicted molar refractivity (Wildman–Crippen MR) is 39.8 cm³/mol. The average molecular weight is 142 g/mol. The highest BCUT2D eigenvalue weighted by atomic mass is 16.2. The SMILES string of the molecule is CNC(=O)NC1CCCC1. The van der Waals surface area contributed by atoms with Gasteiger partial charge in [0.05, 0.1) is 0 Å². The Kier molecular flexibility index (Phi) is 2.54. The van der Waals surface area contributed by atoms with Crippen LogP contribution in [0.25, 0.3) is 0 Å². The Labute approximate surface area is 61.2 Å². The van der Waals surface area contributed by atoms with Crippen molar-refractivity contribution in [3.05, 3.63) is 0 Å². The van der Waals surface area contributed by atoms with Crippen molar-refractivity contribution in [1.82, 2.24) is 10.6 Å². The van der Waals surface area contributed by atoms with Gasteiger partial charge in [-0.25, -0.2) is 4.79 Å². The quantitative estimate of drug-likeness (QED) is 0.560. The second-order valence-corrected chi connectivity index (χ2v) is 2.70. The van der Waals surface area contributed by atoms with Gasteiger partial charge in [0.1, 0.15) is 0 Å². The molecule has 3 nitrogen and oxygen atoms in total. The molecule has 0 saturated heterocycles. The van der Waals surface area contributed by atoms with Crippen molar-refractivity contribution in [1.29, 1.82) is 0 Å². The minimum absolute atomic E-state index is 0.0492. The van der Waals surface area contributed by atoms with E-state index >= 15 is 0 Å². The standard InChI is InChI=1S/C7H14N2O/c1-8-7(10)9-6-4-2-3-5-6/h6H,2-5H2,1H3,(H2,8,9,10). The number of carbonyl (C=O) groups is 1. The van der Waals surface area contributed by atoms with Gasteiger partial charge in [-0.05, 0) is 12.8 Å². The molecule has 58 valence electrons. The molecule has 2 amide bonds. The van der Waals surface area contributed by atoms with Crippen LogP contribution in [0.4, 0.5) is 4.79 Å². The molecule has 3 heteroatoms. The summed E-state index contributed by atoms with van der Waals surface area (Å²) in [6.07, 6.45) is 4.81. The van der Waals surface area contributed by atoms with E-state index in [2.05, 4.69) is 10.6 Å². The minimum Gasteiger partial charge on any atom is -0.341 e. The third-order valence-electron chi connectivity index (χ3n) is 1.92. The topological polar surface area (TPSA) is 41.1 Å². The van der Waals surface area contributed by atoms with E-state index in [1.165, 1.54) is 12.8 Å². The summed E-state index contributed by atoms with van der Waals surface area (Å²) >= 11 is 0. The lowest BCUT2D eigenvalue weighted by Gasteiger charge is -2.10. The van der Waals surface area contributed by atoms with Crippen LogP contribution in [0.1, 0.15) is 25.7 Å². The zero-order valence-corrected chi connectivity index (χ0v) is 6.31. The molecule has 0 atom stereocenters.